The summed E-state index contributed by atoms with van der Waals surface area (Å²) < 4.78 is 34.4. The molecule has 4 heterocycles. The molecular weight excluding hydrogens is 1150 g/mol. The van der Waals surface area contributed by atoms with Crippen molar-refractivity contribution in [2.45, 2.75) is 131 Å². The molecule has 23 nitrogen and oxygen atoms in total. The molecular formula is C61H83N9O14S2. The number of aryl methyl sites for hydroxylation is 2. The van der Waals surface area contributed by atoms with Gasteiger partial charge >= 0.3 is 0 Å². The first-order valence-electron chi connectivity index (χ1n) is 29.1. The first kappa shape index (κ1) is 67.0. The van der Waals surface area contributed by atoms with Gasteiger partial charge in [0.1, 0.15) is 48.5 Å². The van der Waals surface area contributed by atoms with E-state index in [1.54, 1.807) is 43.1 Å². The van der Waals surface area contributed by atoms with E-state index in [0.29, 0.717) is 57.2 Å². The molecule has 468 valence electrons. The maximum atomic E-state index is 14.1. The average molecular weight is 1230 g/mol. The number of β-amino-alcohol motifs (C(OH)–C–C–N with tert-alkyl or cyclic N) is 2. The van der Waals surface area contributed by atoms with Crippen LogP contribution in [0, 0.1) is 41.4 Å². The maximum Gasteiger partial charge on any atom is 0.246 e. The molecule has 6 amide bonds. The molecule has 4 aromatic rings. The summed E-state index contributed by atoms with van der Waals surface area (Å²) in [6.45, 7) is 17.2. The predicted molar refractivity (Wildman–Crippen MR) is 320 cm³/mol. The number of benzene rings is 2. The molecule has 3 aliphatic rings. The molecule has 0 spiro atoms. The van der Waals surface area contributed by atoms with Gasteiger partial charge in [0.05, 0.1) is 110 Å². The number of aliphatic hydroxyl groups is 2. The zero-order chi connectivity index (χ0) is 62.2. The Morgan fingerprint density at radius 2 is 1.10 bits per heavy atom. The van der Waals surface area contributed by atoms with E-state index in [9.17, 15) is 44.2 Å². The Kier molecular flexibility index (Phi) is 24.1. The SMILES string of the molecule is Cc1ncsc1-c1ccc(CNC(=O)[C@@H]2C[C@@H](O)CN2C(=O)C(NC(=O)COCCOCCOCCOCCOCCOc2cc(-c3scnc3C)ccc2CNC(=O)[C@@H]2C[C@@H](O)CN2C(=O)C(NC(=O)C2(C#N)CC2)C(C)(C)C)C(C)(C)C)cc1. The number of aromatic nitrogens is 2. The Labute approximate surface area is 510 Å². The second-order valence-corrected chi connectivity index (χ2v) is 25.7. The van der Waals surface area contributed by atoms with Crippen molar-refractivity contribution in [2.24, 2.45) is 16.2 Å². The molecule has 0 radical (unpaired) electrons. The molecule has 1 aliphatic carbocycles. The number of ether oxygens (including phenoxy) is 6. The zero-order valence-electron chi connectivity index (χ0n) is 50.4. The van der Waals surface area contributed by atoms with Gasteiger partial charge in [0, 0.05) is 44.6 Å². The van der Waals surface area contributed by atoms with Gasteiger partial charge in [-0.3, -0.25) is 28.8 Å². The van der Waals surface area contributed by atoms with E-state index in [1.165, 1.54) is 21.1 Å². The number of nitrogens with one attached hydrogen (secondary N) is 4. The van der Waals surface area contributed by atoms with Gasteiger partial charge in [-0.15, -0.1) is 22.7 Å². The average Bonchev–Trinajstić information content (AvgIpc) is 2.16. The van der Waals surface area contributed by atoms with Gasteiger partial charge in [-0.1, -0.05) is 77.9 Å². The number of aliphatic hydroxyl groups excluding tert-OH is 2. The number of nitrogens with zero attached hydrogens (tertiary/aromatic N) is 5. The summed E-state index contributed by atoms with van der Waals surface area (Å²) in [6, 6.07) is 11.6. The van der Waals surface area contributed by atoms with E-state index >= 15 is 0 Å². The molecule has 25 heteroatoms. The minimum absolute atomic E-state index is 0.0194. The summed E-state index contributed by atoms with van der Waals surface area (Å²) in [6.07, 6.45) is -0.905. The number of carbonyl (C=O) groups is 6. The molecule has 1 saturated carbocycles. The monoisotopic (exact) mass is 1230 g/mol. The summed E-state index contributed by atoms with van der Waals surface area (Å²) in [5, 5.41) is 42.3. The van der Waals surface area contributed by atoms with Crippen LogP contribution in [0.4, 0.5) is 0 Å². The van der Waals surface area contributed by atoms with Crippen LogP contribution in [-0.4, -0.2) is 188 Å². The van der Waals surface area contributed by atoms with Crippen molar-refractivity contribution in [3.8, 4) is 32.7 Å². The fraction of sp³-hybridized carbons (Fsp3) is 0.590. The third-order valence-corrected chi connectivity index (χ3v) is 17.1. The first-order chi connectivity index (χ1) is 41.0. The first-order valence-corrected chi connectivity index (χ1v) is 30.8. The third kappa shape index (κ3) is 18.5. The lowest BCUT2D eigenvalue weighted by atomic mass is 9.85. The maximum absolute atomic E-state index is 14.1. The van der Waals surface area contributed by atoms with Crippen LogP contribution >= 0.6 is 22.7 Å². The number of amides is 6. The molecule has 2 aromatic heterocycles. The lowest BCUT2D eigenvalue weighted by Gasteiger charge is -2.35. The highest BCUT2D eigenvalue weighted by molar-refractivity contribution is 7.13. The van der Waals surface area contributed by atoms with Crippen molar-refractivity contribution >= 4 is 58.1 Å². The lowest BCUT2D eigenvalue weighted by molar-refractivity contribution is -0.144. The van der Waals surface area contributed by atoms with E-state index < -0.39 is 82.2 Å². The zero-order valence-corrected chi connectivity index (χ0v) is 52.1. The molecule has 0 bridgehead atoms. The van der Waals surface area contributed by atoms with Crippen LogP contribution in [0.5, 0.6) is 5.75 Å². The van der Waals surface area contributed by atoms with Gasteiger partial charge in [-0.25, -0.2) is 9.97 Å². The van der Waals surface area contributed by atoms with Gasteiger partial charge in [-0.2, -0.15) is 5.26 Å². The minimum atomic E-state index is -1.14. The fourth-order valence-electron chi connectivity index (χ4n) is 10.00. The number of carbonyl (C=O) groups excluding carboxylic acids is 6. The molecule has 2 aromatic carbocycles. The number of hydrogen-bond acceptors (Lipinski definition) is 19. The van der Waals surface area contributed by atoms with Crippen molar-refractivity contribution < 1.29 is 67.4 Å². The number of thiazole rings is 2. The molecule has 86 heavy (non-hydrogen) atoms. The van der Waals surface area contributed by atoms with E-state index in [0.717, 1.165) is 37.8 Å². The minimum Gasteiger partial charge on any atom is -0.491 e. The van der Waals surface area contributed by atoms with Gasteiger partial charge in [-0.05, 0) is 60.3 Å². The topological polar surface area (TPSA) is 302 Å². The molecule has 7 rings (SSSR count). The van der Waals surface area contributed by atoms with Crippen molar-refractivity contribution in [1.29, 1.82) is 5.26 Å². The summed E-state index contributed by atoms with van der Waals surface area (Å²) in [5.74, 6) is -2.32. The Morgan fingerprint density at radius 1 is 0.651 bits per heavy atom. The van der Waals surface area contributed by atoms with Crippen molar-refractivity contribution in [2.75, 3.05) is 85.8 Å². The third-order valence-electron chi connectivity index (χ3n) is 15.1. The Hall–Kier alpha value is -6.47. The van der Waals surface area contributed by atoms with Gasteiger partial charge in [0.2, 0.25) is 35.4 Å². The highest BCUT2D eigenvalue weighted by Gasteiger charge is 2.53. The van der Waals surface area contributed by atoms with Crippen molar-refractivity contribution in [1.82, 2.24) is 41.0 Å². The van der Waals surface area contributed by atoms with E-state index in [-0.39, 0.29) is 84.6 Å². The second kappa shape index (κ2) is 30.9. The van der Waals surface area contributed by atoms with Crippen LogP contribution in [0.2, 0.25) is 0 Å². The van der Waals surface area contributed by atoms with E-state index in [1.807, 2.05) is 77.1 Å². The standard InChI is InChI=1S/C61H83N9O14S2/c1-38-50(85-36-65-38)41-11-9-40(10-12-41)30-63-54(74)46-28-44(71)32-69(46)56(76)52(59(3,4)5)67-49(73)34-83-24-23-81-20-19-79-17-18-80-21-22-82-25-26-84-48-27-42(51-39(2)66-37-86-51)13-14-43(48)31-64-55(75)47-29-45(72)33-70(47)57(77)53(60(6,7)8)68-58(78)61(35-62)15-16-61/h9-14,27,36-37,44-47,52-53,71-72H,15-26,28-34H2,1-8H3,(H,63,74)(H,64,75)(H,67,73)(H,68,78)/t44-,45-,46+,47+,52?,53?/m1/s1. The smallest absolute Gasteiger partial charge is 0.246 e. The van der Waals surface area contributed by atoms with Crippen LogP contribution in [0.1, 0.15) is 89.7 Å². The molecule has 3 fully saturated rings. The second-order valence-electron chi connectivity index (χ2n) is 24.0. The Morgan fingerprint density at radius 3 is 1.57 bits per heavy atom. The van der Waals surface area contributed by atoms with E-state index in [2.05, 4.69) is 37.3 Å². The highest BCUT2D eigenvalue weighted by Crippen LogP contribution is 2.45. The molecule has 2 saturated heterocycles. The Bertz CT molecular complexity index is 2990. The summed E-state index contributed by atoms with van der Waals surface area (Å²) >= 11 is 3.06. The molecule has 6 N–H and O–H groups in total. The fourth-order valence-corrected chi connectivity index (χ4v) is 11.6. The van der Waals surface area contributed by atoms with Gasteiger partial charge in [0.15, 0.2) is 0 Å². The predicted octanol–water partition coefficient (Wildman–Crippen LogP) is 4.23. The summed E-state index contributed by atoms with van der Waals surface area (Å²) in [5.41, 5.74) is 6.24. The lowest BCUT2D eigenvalue weighted by Crippen LogP contribution is -2.58. The normalized spacial score (nSPS) is 18.9. The van der Waals surface area contributed by atoms with Crippen LogP contribution in [0.3, 0.4) is 0 Å². The quantitative estimate of drug-likeness (QED) is 0.0384. The number of hydrogen-bond donors (Lipinski definition) is 6. The van der Waals surface area contributed by atoms with Crippen LogP contribution in [-0.2, 0) is 65.5 Å². The van der Waals surface area contributed by atoms with Crippen molar-refractivity contribution in [3.63, 3.8) is 0 Å². The largest absolute Gasteiger partial charge is 0.491 e. The van der Waals surface area contributed by atoms with Gasteiger partial charge in [0.25, 0.3) is 0 Å². The van der Waals surface area contributed by atoms with Crippen LogP contribution < -0.4 is 26.0 Å². The van der Waals surface area contributed by atoms with Crippen molar-refractivity contribution in [3.05, 3.63) is 76.0 Å². The molecule has 6 atom stereocenters. The highest BCUT2D eigenvalue weighted by atomic mass is 32.1. The van der Waals surface area contributed by atoms with E-state index in [4.69, 9.17) is 28.4 Å². The van der Waals surface area contributed by atoms with Crippen LogP contribution in [0.15, 0.2) is 53.5 Å². The molecule has 2 aliphatic heterocycles. The van der Waals surface area contributed by atoms with Gasteiger partial charge < -0.3 is 69.7 Å². The summed E-state index contributed by atoms with van der Waals surface area (Å²) in [4.78, 5) is 94.9. The Balaban J connectivity index is 0.746. The number of nitriles is 1. The number of likely N-dealkylation sites (tertiary alicyclic amines) is 2. The molecule has 2 unspecified atom stereocenters. The van der Waals surface area contributed by atoms with Crippen LogP contribution in [0.25, 0.3) is 20.9 Å². The number of rotatable bonds is 31. The summed E-state index contributed by atoms with van der Waals surface area (Å²) in [7, 11) is 0.